The van der Waals surface area contributed by atoms with Gasteiger partial charge in [0.15, 0.2) is 5.82 Å². The Morgan fingerprint density at radius 1 is 1.40 bits per heavy atom. The minimum absolute atomic E-state index is 0.0620. The molecular weight excluding hydrogens is 285 g/mol. The van der Waals surface area contributed by atoms with Crippen LogP contribution in [0.2, 0.25) is 0 Å². The van der Waals surface area contributed by atoms with Crippen LogP contribution in [0.3, 0.4) is 0 Å². The fraction of sp³-hybridized carbons (Fsp3) is 0.333. The lowest BCUT2D eigenvalue weighted by Crippen LogP contribution is -2.12. The number of hydrogen-bond acceptors (Lipinski definition) is 6. The molecule has 20 heavy (non-hydrogen) atoms. The lowest BCUT2D eigenvalue weighted by Gasteiger charge is -2.11. The Hall–Kier alpha value is -2.09. The van der Waals surface area contributed by atoms with Crippen molar-refractivity contribution in [2.75, 3.05) is 0 Å². The Kier molecular flexibility index (Phi) is 3.67. The van der Waals surface area contributed by atoms with Crippen molar-refractivity contribution in [3.63, 3.8) is 0 Å². The Morgan fingerprint density at radius 2 is 2.10 bits per heavy atom. The quantitative estimate of drug-likeness (QED) is 0.638. The highest BCUT2D eigenvalue weighted by molar-refractivity contribution is 7.07. The van der Waals surface area contributed by atoms with Crippen LogP contribution in [0.25, 0.3) is 0 Å². The van der Waals surface area contributed by atoms with Crippen LogP contribution in [0.5, 0.6) is 10.9 Å². The van der Waals surface area contributed by atoms with E-state index >= 15 is 0 Å². The molecule has 1 aromatic heterocycles. The molecule has 0 amide bonds. The van der Waals surface area contributed by atoms with Crippen LogP contribution in [0, 0.1) is 15.9 Å². The van der Waals surface area contributed by atoms with Gasteiger partial charge >= 0.3 is 5.69 Å². The van der Waals surface area contributed by atoms with Gasteiger partial charge in [0.2, 0.25) is 5.75 Å². The largest absolute Gasteiger partial charge is 0.422 e. The van der Waals surface area contributed by atoms with Crippen LogP contribution in [0.4, 0.5) is 10.1 Å². The Bertz CT molecular complexity index is 652. The highest BCUT2D eigenvalue weighted by Crippen LogP contribution is 2.33. The average Bonchev–Trinajstić information content (AvgIpc) is 2.79. The maximum absolute atomic E-state index is 13.0. The van der Waals surface area contributed by atoms with Gasteiger partial charge in [-0.2, -0.15) is 9.36 Å². The van der Waals surface area contributed by atoms with E-state index in [1.165, 1.54) is 6.07 Å². The topological polar surface area (TPSA) is 78.2 Å². The van der Waals surface area contributed by atoms with E-state index in [0.29, 0.717) is 5.82 Å². The first-order chi connectivity index (χ1) is 9.27. The van der Waals surface area contributed by atoms with Crippen LogP contribution < -0.4 is 4.74 Å². The summed E-state index contributed by atoms with van der Waals surface area (Å²) in [7, 11) is 0. The molecule has 106 valence electrons. The molecule has 0 saturated carbocycles. The molecule has 0 aliphatic rings. The van der Waals surface area contributed by atoms with Gasteiger partial charge in [-0.15, -0.1) is 0 Å². The first kappa shape index (κ1) is 14.3. The van der Waals surface area contributed by atoms with Gasteiger partial charge in [-0.1, -0.05) is 20.8 Å². The van der Waals surface area contributed by atoms with Crippen LogP contribution in [0.1, 0.15) is 26.6 Å². The van der Waals surface area contributed by atoms with Crippen LogP contribution >= 0.6 is 11.5 Å². The fourth-order valence-corrected chi connectivity index (χ4v) is 2.10. The van der Waals surface area contributed by atoms with E-state index in [1.807, 2.05) is 20.8 Å². The monoisotopic (exact) mass is 297 g/mol. The molecule has 0 aliphatic carbocycles. The van der Waals surface area contributed by atoms with E-state index in [9.17, 15) is 14.5 Å². The number of halogens is 1. The third kappa shape index (κ3) is 3.08. The molecule has 0 N–H and O–H groups in total. The number of aromatic nitrogens is 2. The molecule has 0 fully saturated rings. The van der Waals surface area contributed by atoms with Crippen molar-refractivity contribution in [3.05, 3.63) is 40.0 Å². The third-order valence-electron chi connectivity index (χ3n) is 2.39. The van der Waals surface area contributed by atoms with E-state index in [0.717, 1.165) is 23.7 Å². The number of ether oxygens (including phenoxy) is 1. The molecule has 0 atom stereocenters. The molecule has 8 heteroatoms. The number of hydrogen-bond donors (Lipinski definition) is 0. The van der Waals surface area contributed by atoms with Crippen LogP contribution in [0.15, 0.2) is 18.2 Å². The molecule has 0 unspecified atom stereocenters. The van der Waals surface area contributed by atoms with Crippen molar-refractivity contribution in [2.24, 2.45) is 0 Å². The summed E-state index contributed by atoms with van der Waals surface area (Å²) in [6.07, 6.45) is 0. The van der Waals surface area contributed by atoms with Gasteiger partial charge in [0.05, 0.1) is 11.0 Å². The van der Waals surface area contributed by atoms with E-state index in [4.69, 9.17) is 4.74 Å². The van der Waals surface area contributed by atoms with Gasteiger partial charge in [-0.25, -0.2) is 4.39 Å². The van der Waals surface area contributed by atoms with Crippen molar-refractivity contribution in [3.8, 4) is 10.9 Å². The smallest absolute Gasteiger partial charge is 0.314 e. The van der Waals surface area contributed by atoms with Crippen molar-refractivity contribution in [1.82, 2.24) is 9.36 Å². The highest BCUT2D eigenvalue weighted by Gasteiger charge is 2.22. The molecule has 6 nitrogen and oxygen atoms in total. The Labute approximate surface area is 118 Å². The lowest BCUT2D eigenvalue weighted by atomic mass is 9.96. The predicted octanol–water partition coefficient (Wildman–Crippen LogP) is 3.68. The van der Waals surface area contributed by atoms with E-state index < -0.39 is 16.4 Å². The SMILES string of the molecule is CC(C)(C)c1nsc(Oc2ccc(F)cc2[N+](=O)[O-])n1. The number of nitro benzene ring substituents is 1. The zero-order valence-corrected chi connectivity index (χ0v) is 11.9. The molecule has 2 rings (SSSR count). The van der Waals surface area contributed by atoms with E-state index in [2.05, 4.69) is 9.36 Å². The van der Waals surface area contributed by atoms with Gasteiger partial charge in [-0.3, -0.25) is 10.1 Å². The third-order valence-corrected chi connectivity index (χ3v) is 2.99. The maximum Gasteiger partial charge on any atom is 0.314 e. The van der Waals surface area contributed by atoms with Gasteiger partial charge < -0.3 is 4.74 Å². The molecule has 2 aromatic rings. The molecule has 0 radical (unpaired) electrons. The van der Waals surface area contributed by atoms with Gasteiger partial charge in [0.1, 0.15) is 5.82 Å². The summed E-state index contributed by atoms with van der Waals surface area (Å²) in [6.45, 7) is 5.83. The standard InChI is InChI=1S/C12H12FN3O3S/c1-12(2,3)10-14-11(20-15-10)19-9-5-4-7(13)6-8(9)16(17)18/h4-6H,1-3H3. The second-order valence-electron chi connectivity index (χ2n) is 5.11. The van der Waals surface area contributed by atoms with Gasteiger partial charge in [0.25, 0.3) is 5.19 Å². The second kappa shape index (κ2) is 5.12. The fourth-order valence-electron chi connectivity index (χ4n) is 1.37. The van der Waals surface area contributed by atoms with E-state index in [1.54, 1.807) is 0 Å². The van der Waals surface area contributed by atoms with Gasteiger partial charge in [0, 0.05) is 16.9 Å². The lowest BCUT2D eigenvalue weighted by molar-refractivity contribution is -0.385. The molecule has 0 aliphatic heterocycles. The maximum atomic E-state index is 13.0. The van der Waals surface area contributed by atoms with Crippen molar-refractivity contribution in [1.29, 1.82) is 0 Å². The number of rotatable bonds is 3. The average molecular weight is 297 g/mol. The summed E-state index contributed by atoms with van der Waals surface area (Å²) < 4.78 is 22.5. The minimum atomic E-state index is -0.704. The molecule has 0 saturated heterocycles. The summed E-state index contributed by atoms with van der Waals surface area (Å²) in [5.74, 6) is -0.174. The van der Waals surface area contributed by atoms with Crippen molar-refractivity contribution < 1.29 is 14.1 Å². The van der Waals surface area contributed by atoms with Crippen LogP contribution in [-0.2, 0) is 5.41 Å². The zero-order chi connectivity index (χ0) is 14.9. The molecule has 0 bridgehead atoms. The van der Waals surface area contributed by atoms with Crippen molar-refractivity contribution in [2.45, 2.75) is 26.2 Å². The van der Waals surface area contributed by atoms with E-state index in [-0.39, 0.29) is 16.4 Å². The molecule has 1 heterocycles. The summed E-state index contributed by atoms with van der Waals surface area (Å²) in [6, 6.07) is 3.10. The highest BCUT2D eigenvalue weighted by atomic mass is 32.1. The normalized spacial score (nSPS) is 11.4. The first-order valence-corrected chi connectivity index (χ1v) is 6.50. The summed E-state index contributed by atoms with van der Waals surface area (Å²) in [5.41, 5.74) is -0.690. The Balaban J connectivity index is 2.31. The summed E-state index contributed by atoms with van der Waals surface area (Å²) >= 11 is 0.996. The van der Waals surface area contributed by atoms with Crippen molar-refractivity contribution >= 4 is 17.2 Å². The van der Waals surface area contributed by atoms with Gasteiger partial charge in [-0.05, 0) is 12.1 Å². The minimum Gasteiger partial charge on any atom is -0.422 e. The second-order valence-corrected chi connectivity index (χ2v) is 5.82. The summed E-state index contributed by atoms with van der Waals surface area (Å²) in [4.78, 5) is 14.3. The number of nitrogens with zero attached hydrogens (tertiary/aromatic N) is 3. The number of nitro groups is 1. The molecule has 0 spiro atoms. The predicted molar refractivity (Wildman–Crippen MR) is 71.7 cm³/mol. The number of benzene rings is 1. The Morgan fingerprint density at radius 3 is 2.65 bits per heavy atom. The molecular formula is C12H12FN3O3S. The zero-order valence-electron chi connectivity index (χ0n) is 11.1. The van der Waals surface area contributed by atoms with Crippen LogP contribution in [-0.4, -0.2) is 14.3 Å². The molecule has 1 aromatic carbocycles. The summed E-state index contributed by atoms with van der Waals surface area (Å²) in [5, 5.41) is 11.0. The first-order valence-electron chi connectivity index (χ1n) is 5.73.